The van der Waals surface area contributed by atoms with Gasteiger partial charge in [-0.2, -0.15) is 0 Å². The van der Waals surface area contributed by atoms with E-state index in [2.05, 4.69) is 0 Å². The smallest absolute Gasteiger partial charge is 0.343 e. The van der Waals surface area contributed by atoms with Crippen molar-refractivity contribution in [2.75, 3.05) is 21.3 Å². The number of hydrogen-bond donors (Lipinski definition) is 0. The summed E-state index contributed by atoms with van der Waals surface area (Å²) in [6.45, 7) is 5.31. The molecule has 0 saturated carbocycles. The van der Waals surface area contributed by atoms with Crippen LogP contribution < -0.4 is 18.9 Å². The fraction of sp³-hybridized carbons (Fsp3) is 0.300. The second-order valence-electron chi connectivity index (χ2n) is 5.27. The molecule has 9 nitrogen and oxygen atoms in total. The largest absolute Gasteiger partial charge is 0.493 e. The van der Waals surface area contributed by atoms with E-state index in [4.69, 9.17) is 18.9 Å². The average molecular weight is 405 g/mol. The lowest BCUT2D eigenvalue weighted by atomic mass is 10.1. The van der Waals surface area contributed by atoms with Gasteiger partial charge in [0.2, 0.25) is 5.75 Å². The van der Waals surface area contributed by atoms with Crippen LogP contribution >= 0.6 is 0 Å². The fourth-order valence-electron chi connectivity index (χ4n) is 2.38. The molecule has 0 heterocycles. The summed E-state index contributed by atoms with van der Waals surface area (Å²) in [5.74, 6) is -1.05. The fourth-order valence-corrected chi connectivity index (χ4v) is 2.38. The van der Waals surface area contributed by atoms with Gasteiger partial charge in [0.25, 0.3) is 0 Å². The van der Waals surface area contributed by atoms with E-state index in [1.807, 2.05) is 13.8 Å². The predicted molar refractivity (Wildman–Crippen MR) is 106 cm³/mol. The van der Waals surface area contributed by atoms with E-state index < -0.39 is 10.9 Å². The van der Waals surface area contributed by atoms with Crippen molar-refractivity contribution in [3.05, 3.63) is 51.6 Å². The molecule has 2 rings (SSSR count). The maximum atomic E-state index is 12.6. The van der Waals surface area contributed by atoms with Crippen LogP contribution in [0, 0.1) is 10.1 Å². The summed E-state index contributed by atoms with van der Waals surface area (Å²) in [7, 11) is 3.99. The number of ether oxygens (including phenoxy) is 4. The van der Waals surface area contributed by atoms with Crippen LogP contribution in [0.1, 0.15) is 41.5 Å². The summed E-state index contributed by atoms with van der Waals surface area (Å²) in [4.78, 5) is 34.8. The number of methoxy groups -OCH3 is 3. The summed E-state index contributed by atoms with van der Waals surface area (Å²) >= 11 is 0. The molecule has 0 amide bonds. The minimum atomic E-state index is -0.850. The number of Topliss-reactive ketones (excluding diaryl/α,β-unsaturated/α-hetero) is 1. The van der Waals surface area contributed by atoms with Crippen LogP contribution in [0.4, 0.5) is 5.69 Å². The molecule has 0 saturated heterocycles. The highest BCUT2D eigenvalue weighted by atomic mass is 16.6. The highest BCUT2D eigenvalue weighted by molar-refractivity contribution is 6.00. The Hall–Kier alpha value is -3.62. The molecule has 0 spiro atoms. The average Bonchev–Trinajstić information content (AvgIpc) is 2.73. The van der Waals surface area contributed by atoms with Crippen molar-refractivity contribution in [1.82, 2.24) is 0 Å². The Balaban J connectivity index is 0.00000204. The number of benzene rings is 2. The first-order chi connectivity index (χ1) is 13.8. The van der Waals surface area contributed by atoms with Crippen molar-refractivity contribution in [3.63, 3.8) is 0 Å². The standard InChI is InChI=1S/C18H17NO8.C2H6/c1-10(20)12-6-8-14(24-2)17(26-4)16(12)27-18(21)11-5-7-13(19(22)23)15(9-11)25-3;1-2/h5-9H,1-4H3;1-2H3. The van der Waals surface area contributed by atoms with Gasteiger partial charge in [0.05, 0.1) is 37.4 Å². The van der Waals surface area contributed by atoms with Crippen molar-refractivity contribution in [2.45, 2.75) is 20.8 Å². The quantitative estimate of drug-likeness (QED) is 0.223. The second kappa shape index (κ2) is 10.6. The Morgan fingerprint density at radius 1 is 0.897 bits per heavy atom. The number of rotatable bonds is 7. The first-order valence-electron chi connectivity index (χ1n) is 8.64. The third kappa shape index (κ3) is 5.22. The van der Waals surface area contributed by atoms with E-state index in [0.717, 1.165) is 6.07 Å². The number of ketones is 1. The Morgan fingerprint density at radius 3 is 2.00 bits per heavy atom. The molecule has 2 aromatic rings. The monoisotopic (exact) mass is 405 g/mol. The van der Waals surface area contributed by atoms with Crippen LogP contribution in [0.5, 0.6) is 23.0 Å². The Labute approximate surface area is 168 Å². The zero-order valence-corrected chi connectivity index (χ0v) is 17.1. The highest BCUT2D eigenvalue weighted by Gasteiger charge is 2.24. The van der Waals surface area contributed by atoms with E-state index >= 15 is 0 Å². The van der Waals surface area contributed by atoms with Gasteiger partial charge in [0, 0.05) is 12.1 Å². The van der Waals surface area contributed by atoms with Gasteiger partial charge in [-0.25, -0.2) is 4.79 Å². The lowest BCUT2D eigenvalue weighted by Crippen LogP contribution is -2.13. The molecule has 0 aliphatic heterocycles. The number of nitro benzene ring substituents is 1. The summed E-state index contributed by atoms with van der Waals surface area (Å²) in [6.07, 6.45) is 0. The molecule has 2 aromatic carbocycles. The van der Waals surface area contributed by atoms with Gasteiger partial charge in [-0.3, -0.25) is 14.9 Å². The summed E-state index contributed by atoms with van der Waals surface area (Å²) in [6, 6.07) is 6.50. The van der Waals surface area contributed by atoms with Gasteiger partial charge in [-0.05, 0) is 25.1 Å². The van der Waals surface area contributed by atoms with Crippen LogP contribution in [0.2, 0.25) is 0 Å². The van der Waals surface area contributed by atoms with E-state index in [1.165, 1.54) is 52.5 Å². The van der Waals surface area contributed by atoms with Crippen molar-refractivity contribution in [1.29, 1.82) is 0 Å². The maximum Gasteiger partial charge on any atom is 0.343 e. The Bertz CT molecular complexity index is 908. The number of carbonyl (C=O) groups is 2. The molecular formula is C20H23NO8. The second-order valence-corrected chi connectivity index (χ2v) is 5.27. The van der Waals surface area contributed by atoms with E-state index in [-0.39, 0.29) is 45.6 Å². The zero-order chi connectivity index (χ0) is 22.1. The molecular weight excluding hydrogens is 382 g/mol. The van der Waals surface area contributed by atoms with Crippen LogP contribution in [-0.4, -0.2) is 38.0 Å². The predicted octanol–water partition coefficient (Wildman–Crippen LogP) is 4.07. The molecule has 156 valence electrons. The summed E-state index contributed by atoms with van der Waals surface area (Å²) < 4.78 is 20.7. The maximum absolute atomic E-state index is 12.6. The number of hydrogen-bond acceptors (Lipinski definition) is 8. The van der Waals surface area contributed by atoms with Gasteiger partial charge in [-0.1, -0.05) is 13.8 Å². The van der Waals surface area contributed by atoms with Gasteiger partial charge >= 0.3 is 11.7 Å². The topological polar surface area (TPSA) is 114 Å². The van der Waals surface area contributed by atoms with Gasteiger partial charge in [-0.15, -0.1) is 0 Å². The molecule has 0 N–H and O–H groups in total. The van der Waals surface area contributed by atoms with Gasteiger partial charge in [0.15, 0.2) is 23.0 Å². The molecule has 0 aromatic heterocycles. The van der Waals surface area contributed by atoms with Crippen LogP contribution in [-0.2, 0) is 0 Å². The van der Waals surface area contributed by atoms with Crippen LogP contribution in [0.15, 0.2) is 30.3 Å². The van der Waals surface area contributed by atoms with Crippen LogP contribution in [0.3, 0.4) is 0 Å². The van der Waals surface area contributed by atoms with Crippen LogP contribution in [0.25, 0.3) is 0 Å². The Kier molecular flexibility index (Phi) is 8.60. The van der Waals surface area contributed by atoms with Crippen molar-refractivity contribution in [3.8, 4) is 23.0 Å². The SMILES string of the molecule is CC.COc1cc(C(=O)Oc2c(C(C)=O)ccc(OC)c2OC)ccc1[N+](=O)[O-]. The van der Waals surface area contributed by atoms with Gasteiger partial charge in [0.1, 0.15) is 0 Å². The molecule has 0 fully saturated rings. The normalized spacial score (nSPS) is 9.59. The minimum Gasteiger partial charge on any atom is -0.493 e. The summed E-state index contributed by atoms with van der Waals surface area (Å²) in [5.41, 5.74) is -0.177. The lowest BCUT2D eigenvalue weighted by Gasteiger charge is -2.15. The van der Waals surface area contributed by atoms with E-state index in [9.17, 15) is 19.7 Å². The number of esters is 1. The first-order valence-corrected chi connectivity index (χ1v) is 8.64. The molecule has 0 radical (unpaired) electrons. The first kappa shape index (κ1) is 23.4. The molecule has 0 unspecified atom stereocenters. The van der Waals surface area contributed by atoms with Crippen molar-refractivity contribution >= 4 is 17.4 Å². The zero-order valence-electron chi connectivity index (χ0n) is 17.1. The van der Waals surface area contributed by atoms with Crippen molar-refractivity contribution < 1.29 is 33.5 Å². The highest BCUT2D eigenvalue weighted by Crippen LogP contribution is 2.40. The minimum absolute atomic E-state index is 0.00294. The third-order valence-corrected chi connectivity index (χ3v) is 3.69. The number of nitrogens with zero attached hydrogens (tertiary/aromatic N) is 1. The molecule has 0 bridgehead atoms. The van der Waals surface area contributed by atoms with Gasteiger partial charge < -0.3 is 18.9 Å². The summed E-state index contributed by atoms with van der Waals surface area (Å²) in [5, 5.41) is 11.0. The molecule has 0 aliphatic rings. The molecule has 29 heavy (non-hydrogen) atoms. The van der Waals surface area contributed by atoms with E-state index in [0.29, 0.717) is 0 Å². The molecule has 0 atom stereocenters. The van der Waals surface area contributed by atoms with Crippen molar-refractivity contribution in [2.24, 2.45) is 0 Å². The lowest BCUT2D eigenvalue weighted by molar-refractivity contribution is -0.385. The molecule has 9 heteroatoms. The number of carbonyl (C=O) groups excluding carboxylic acids is 2. The third-order valence-electron chi connectivity index (χ3n) is 3.69. The van der Waals surface area contributed by atoms with E-state index in [1.54, 1.807) is 0 Å². The Morgan fingerprint density at radius 2 is 1.52 bits per heavy atom. The molecule has 0 aliphatic carbocycles. The number of nitro groups is 1.